The Kier molecular flexibility index (Phi) is 6.03. The third-order valence-corrected chi connectivity index (χ3v) is 4.19. The first kappa shape index (κ1) is 16.3. The molecule has 1 unspecified atom stereocenters. The number of likely N-dealkylation sites (tertiary alicyclic amines) is 1. The molecule has 1 aliphatic rings. The fourth-order valence-electron chi connectivity index (χ4n) is 2.87. The number of nitrogens with zero attached hydrogens (tertiary/aromatic N) is 2. The first-order valence-electron chi connectivity index (χ1n) is 7.81. The number of piperidine rings is 1. The normalized spacial score (nSPS) is 18.9. The van der Waals surface area contributed by atoms with Gasteiger partial charge in [-0.2, -0.15) is 0 Å². The van der Waals surface area contributed by atoms with Crippen LogP contribution in [-0.4, -0.2) is 67.4 Å². The van der Waals surface area contributed by atoms with Gasteiger partial charge in [-0.3, -0.25) is 0 Å². The van der Waals surface area contributed by atoms with Crippen molar-refractivity contribution in [2.75, 3.05) is 40.3 Å². The summed E-state index contributed by atoms with van der Waals surface area (Å²) in [7, 11) is 4.29. The Morgan fingerprint density at radius 1 is 1.33 bits per heavy atom. The molecule has 0 spiro atoms. The molecule has 4 heteroatoms. The molecule has 21 heavy (non-hydrogen) atoms. The maximum atomic E-state index is 10.1. The van der Waals surface area contributed by atoms with E-state index in [0.717, 1.165) is 18.8 Å². The molecule has 118 valence electrons. The highest BCUT2D eigenvalue weighted by atomic mass is 16.5. The minimum Gasteiger partial charge on any atom is -0.491 e. The molecule has 0 bridgehead atoms. The van der Waals surface area contributed by atoms with Crippen molar-refractivity contribution in [3.05, 3.63) is 29.8 Å². The Morgan fingerprint density at radius 3 is 2.67 bits per heavy atom. The van der Waals surface area contributed by atoms with E-state index in [1.165, 1.54) is 18.4 Å². The van der Waals surface area contributed by atoms with Gasteiger partial charge in [0.2, 0.25) is 0 Å². The molecule has 2 rings (SSSR count). The van der Waals surface area contributed by atoms with Crippen molar-refractivity contribution < 1.29 is 9.84 Å². The number of benzene rings is 1. The van der Waals surface area contributed by atoms with Gasteiger partial charge in [0, 0.05) is 12.6 Å². The number of β-amino-alcohol motifs (C(OH)–C–C–N with tert-alkyl or cyclic N) is 1. The van der Waals surface area contributed by atoms with E-state index in [1.807, 2.05) is 31.2 Å². The lowest BCUT2D eigenvalue weighted by Gasteiger charge is -2.35. The summed E-state index contributed by atoms with van der Waals surface area (Å²) in [4.78, 5) is 4.64. The van der Waals surface area contributed by atoms with Crippen LogP contribution in [-0.2, 0) is 0 Å². The fraction of sp³-hybridized carbons (Fsp3) is 0.647. The molecule has 1 heterocycles. The summed E-state index contributed by atoms with van der Waals surface area (Å²) < 4.78 is 5.66. The van der Waals surface area contributed by atoms with Crippen LogP contribution in [0.3, 0.4) is 0 Å². The van der Waals surface area contributed by atoms with Crippen LogP contribution in [0, 0.1) is 6.92 Å². The van der Waals surface area contributed by atoms with Crippen molar-refractivity contribution in [2.45, 2.75) is 31.9 Å². The van der Waals surface area contributed by atoms with Gasteiger partial charge in [-0.1, -0.05) is 12.1 Å². The van der Waals surface area contributed by atoms with Gasteiger partial charge in [0.15, 0.2) is 0 Å². The Bertz CT molecular complexity index is 429. The van der Waals surface area contributed by atoms with E-state index in [1.54, 1.807) is 0 Å². The van der Waals surface area contributed by atoms with E-state index in [9.17, 15) is 5.11 Å². The van der Waals surface area contributed by atoms with E-state index in [2.05, 4.69) is 23.9 Å². The first-order valence-corrected chi connectivity index (χ1v) is 7.81. The highest BCUT2D eigenvalue weighted by Crippen LogP contribution is 2.15. The zero-order valence-corrected chi connectivity index (χ0v) is 13.5. The monoisotopic (exact) mass is 292 g/mol. The summed E-state index contributed by atoms with van der Waals surface area (Å²) in [5, 5.41) is 10.1. The van der Waals surface area contributed by atoms with Gasteiger partial charge in [-0.25, -0.2) is 0 Å². The molecule has 1 fully saturated rings. The zero-order valence-electron chi connectivity index (χ0n) is 13.5. The fourth-order valence-corrected chi connectivity index (χ4v) is 2.87. The molecule has 0 aliphatic carbocycles. The summed E-state index contributed by atoms with van der Waals surface area (Å²) in [6.07, 6.45) is 1.93. The molecular weight excluding hydrogens is 264 g/mol. The summed E-state index contributed by atoms with van der Waals surface area (Å²) in [5.74, 6) is 0.834. The van der Waals surface area contributed by atoms with Crippen LogP contribution in [0.5, 0.6) is 5.75 Å². The van der Waals surface area contributed by atoms with Crippen LogP contribution in [0.1, 0.15) is 18.4 Å². The lowest BCUT2D eigenvalue weighted by molar-refractivity contribution is 0.0506. The summed E-state index contributed by atoms with van der Waals surface area (Å²) >= 11 is 0. The Hall–Kier alpha value is -1.10. The number of hydrogen-bond donors (Lipinski definition) is 1. The van der Waals surface area contributed by atoms with Gasteiger partial charge >= 0.3 is 0 Å². The second kappa shape index (κ2) is 7.78. The molecular formula is C17H28N2O2. The molecule has 1 N–H and O–H groups in total. The number of ether oxygens (including phenoxy) is 1. The van der Waals surface area contributed by atoms with Crippen LogP contribution in [0.2, 0.25) is 0 Å². The Morgan fingerprint density at radius 2 is 2.05 bits per heavy atom. The lowest BCUT2D eigenvalue weighted by Crippen LogP contribution is -2.45. The molecule has 1 aromatic rings. The largest absolute Gasteiger partial charge is 0.491 e. The zero-order chi connectivity index (χ0) is 15.2. The smallest absolute Gasteiger partial charge is 0.119 e. The number of aryl methyl sites for hydroxylation is 1. The van der Waals surface area contributed by atoms with Gasteiger partial charge < -0.3 is 19.6 Å². The van der Waals surface area contributed by atoms with Gasteiger partial charge in [-0.15, -0.1) is 0 Å². The second-order valence-corrected chi connectivity index (χ2v) is 6.28. The highest BCUT2D eigenvalue weighted by Gasteiger charge is 2.22. The molecule has 4 nitrogen and oxygen atoms in total. The van der Waals surface area contributed by atoms with Gasteiger partial charge in [0.1, 0.15) is 18.5 Å². The van der Waals surface area contributed by atoms with Crippen molar-refractivity contribution in [1.82, 2.24) is 9.80 Å². The third-order valence-electron chi connectivity index (χ3n) is 4.19. The van der Waals surface area contributed by atoms with E-state index in [4.69, 9.17) is 4.74 Å². The van der Waals surface area contributed by atoms with Crippen molar-refractivity contribution in [3.8, 4) is 5.75 Å². The van der Waals surface area contributed by atoms with Crippen molar-refractivity contribution in [2.24, 2.45) is 0 Å². The standard InChI is InChI=1S/C17H28N2O2/c1-14-5-4-6-17(11-14)21-13-16(20)12-19-9-7-15(8-10-19)18(2)3/h4-6,11,15-16,20H,7-10,12-13H2,1-3H3. The quantitative estimate of drug-likeness (QED) is 0.867. The minimum atomic E-state index is -0.429. The van der Waals surface area contributed by atoms with Crippen LogP contribution < -0.4 is 4.74 Å². The second-order valence-electron chi connectivity index (χ2n) is 6.28. The minimum absolute atomic E-state index is 0.358. The van der Waals surface area contributed by atoms with Crippen LogP contribution in [0.15, 0.2) is 24.3 Å². The van der Waals surface area contributed by atoms with E-state index in [0.29, 0.717) is 19.2 Å². The number of rotatable bonds is 6. The maximum Gasteiger partial charge on any atom is 0.119 e. The summed E-state index contributed by atoms with van der Waals surface area (Å²) in [6, 6.07) is 8.63. The van der Waals surface area contributed by atoms with Crippen LogP contribution >= 0.6 is 0 Å². The average molecular weight is 292 g/mol. The van der Waals surface area contributed by atoms with Crippen molar-refractivity contribution >= 4 is 0 Å². The SMILES string of the molecule is Cc1cccc(OCC(O)CN2CCC(N(C)C)CC2)c1. The number of aliphatic hydroxyl groups excluding tert-OH is 1. The predicted molar refractivity (Wildman–Crippen MR) is 85.8 cm³/mol. The molecule has 1 saturated heterocycles. The van der Waals surface area contributed by atoms with Crippen molar-refractivity contribution in [3.63, 3.8) is 0 Å². The first-order chi connectivity index (χ1) is 10.0. The number of aliphatic hydroxyl groups is 1. The highest BCUT2D eigenvalue weighted by molar-refractivity contribution is 5.27. The molecule has 1 aliphatic heterocycles. The van der Waals surface area contributed by atoms with E-state index < -0.39 is 6.10 Å². The predicted octanol–water partition coefficient (Wildman–Crippen LogP) is 1.76. The Labute approximate surface area is 128 Å². The van der Waals surface area contributed by atoms with Gasteiger partial charge in [-0.05, 0) is 64.6 Å². The topological polar surface area (TPSA) is 35.9 Å². The van der Waals surface area contributed by atoms with Gasteiger partial charge in [0.25, 0.3) is 0 Å². The maximum absolute atomic E-state index is 10.1. The van der Waals surface area contributed by atoms with Crippen LogP contribution in [0.4, 0.5) is 0 Å². The summed E-state index contributed by atoms with van der Waals surface area (Å²) in [5.41, 5.74) is 1.17. The Balaban J connectivity index is 1.69. The molecule has 0 amide bonds. The van der Waals surface area contributed by atoms with E-state index >= 15 is 0 Å². The summed E-state index contributed by atoms with van der Waals surface area (Å²) in [6.45, 7) is 5.22. The molecule has 1 atom stereocenters. The van der Waals surface area contributed by atoms with Gasteiger partial charge in [0.05, 0.1) is 0 Å². The molecule has 0 saturated carbocycles. The molecule has 1 aromatic carbocycles. The average Bonchev–Trinajstić information content (AvgIpc) is 2.46. The van der Waals surface area contributed by atoms with Crippen molar-refractivity contribution in [1.29, 1.82) is 0 Å². The number of hydrogen-bond acceptors (Lipinski definition) is 4. The van der Waals surface area contributed by atoms with E-state index in [-0.39, 0.29) is 0 Å². The lowest BCUT2D eigenvalue weighted by atomic mass is 10.0. The van der Waals surface area contributed by atoms with Crippen LogP contribution in [0.25, 0.3) is 0 Å². The molecule has 0 aromatic heterocycles. The third kappa shape index (κ3) is 5.30. The molecule has 0 radical (unpaired) electrons.